The summed E-state index contributed by atoms with van der Waals surface area (Å²) in [4.78, 5) is 23.1. The number of hydrogen-bond acceptors (Lipinski definition) is 3. The molecule has 21 heavy (non-hydrogen) atoms. The molecule has 0 saturated carbocycles. The van der Waals surface area contributed by atoms with Crippen molar-refractivity contribution >= 4 is 11.9 Å². The number of nitrogens with one attached hydrogen (secondary N) is 1. The predicted molar refractivity (Wildman–Crippen MR) is 78.1 cm³/mol. The van der Waals surface area contributed by atoms with Crippen LogP contribution >= 0.6 is 0 Å². The highest BCUT2D eigenvalue weighted by atomic mass is 16.5. The Morgan fingerprint density at radius 2 is 1.95 bits per heavy atom. The lowest BCUT2D eigenvalue weighted by Crippen LogP contribution is -2.51. The number of benzene rings is 1. The molecule has 1 aromatic rings. The average Bonchev–Trinajstić information content (AvgIpc) is 2.86. The van der Waals surface area contributed by atoms with Crippen LogP contribution < -0.4 is 5.32 Å². The summed E-state index contributed by atoms with van der Waals surface area (Å²) in [6.45, 7) is 2.83. The van der Waals surface area contributed by atoms with Crippen molar-refractivity contribution in [2.24, 2.45) is 0 Å². The highest BCUT2D eigenvalue weighted by Gasteiger charge is 2.38. The molecule has 1 aromatic carbocycles. The molecule has 0 aromatic heterocycles. The fraction of sp³-hybridized carbons (Fsp3) is 0.500. The number of carbonyl (C=O) groups excluding carboxylic acids is 1. The Balaban J connectivity index is 1.97. The minimum absolute atomic E-state index is 0.104. The second-order valence-electron chi connectivity index (χ2n) is 5.55. The highest BCUT2D eigenvalue weighted by Crippen LogP contribution is 2.23. The normalized spacial score (nSPS) is 21.2. The van der Waals surface area contributed by atoms with Crippen molar-refractivity contribution in [3.05, 3.63) is 35.4 Å². The molecule has 5 heteroatoms. The van der Waals surface area contributed by atoms with Gasteiger partial charge in [-0.05, 0) is 24.0 Å². The van der Waals surface area contributed by atoms with Gasteiger partial charge in [-0.25, -0.2) is 0 Å². The van der Waals surface area contributed by atoms with Gasteiger partial charge in [-0.3, -0.25) is 9.59 Å². The summed E-state index contributed by atoms with van der Waals surface area (Å²) in [7, 11) is 0. The lowest BCUT2D eigenvalue weighted by atomic mass is 9.93. The van der Waals surface area contributed by atoms with Gasteiger partial charge >= 0.3 is 5.97 Å². The summed E-state index contributed by atoms with van der Waals surface area (Å²) in [6, 6.07) is 7.89. The lowest BCUT2D eigenvalue weighted by Gasteiger charge is -2.27. The Bertz CT molecular complexity index is 504. The second kappa shape index (κ2) is 6.72. The van der Waals surface area contributed by atoms with Gasteiger partial charge in [-0.1, -0.05) is 31.2 Å². The van der Waals surface area contributed by atoms with E-state index in [1.807, 2.05) is 24.3 Å². The van der Waals surface area contributed by atoms with Crippen molar-refractivity contribution in [3.63, 3.8) is 0 Å². The molecule has 0 spiro atoms. The van der Waals surface area contributed by atoms with Crippen molar-refractivity contribution in [1.82, 2.24) is 5.32 Å². The van der Waals surface area contributed by atoms with E-state index in [9.17, 15) is 9.59 Å². The summed E-state index contributed by atoms with van der Waals surface area (Å²) in [5.74, 6) is -1.08. The Morgan fingerprint density at radius 3 is 2.48 bits per heavy atom. The quantitative estimate of drug-likeness (QED) is 0.833. The van der Waals surface area contributed by atoms with Gasteiger partial charge in [-0.2, -0.15) is 0 Å². The van der Waals surface area contributed by atoms with E-state index in [4.69, 9.17) is 9.84 Å². The molecule has 1 fully saturated rings. The molecule has 114 valence electrons. The van der Waals surface area contributed by atoms with Gasteiger partial charge in [0, 0.05) is 6.61 Å². The minimum atomic E-state index is -0.923. The topological polar surface area (TPSA) is 75.6 Å². The van der Waals surface area contributed by atoms with Crippen LogP contribution in [-0.2, 0) is 27.2 Å². The molecule has 1 amide bonds. The van der Waals surface area contributed by atoms with Gasteiger partial charge in [0.1, 0.15) is 0 Å². The van der Waals surface area contributed by atoms with Crippen molar-refractivity contribution in [2.75, 3.05) is 13.2 Å². The average molecular weight is 291 g/mol. The summed E-state index contributed by atoms with van der Waals surface area (Å²) >= 11 is 0. The van der Waals surface area contributed by atoms with Gasteiger partial charge < -0.3 is 15.2 Å². The number of rotatable bonds is 6. The molecule has 0 bridgehead atoms. The molecule has 0 radical (unpaired) electrons. The Kier molecular flexibility index (Phi) is 4.96. The molecule has 0 aliphatic carbocycles. The Labute approximate surface area is 124 Å². The summed E-state index contributed by atoms with van der Waals surface area (Å²) in [5.41, 5.74) is 1.39. The molecule has 1 aliphatic rings. The van der Waals surface area contributed by atoms with E-state index < -0.39 is 11.5 Å². The van der Waals surface area contributed by atoms with E-state index in [2.05, 4.69) is 12.2 Å². The maximum absolute atomic E-state index is 12.1. The lowest BCUT2D eigenvalue weighted by molar-refractivity contribution is -0.139. The van der Waals surface area contributed by atoms with E-state index in [1.165, 1.54) is 5.56 Å². The predicted octanol–water partition coefficient (Wildman–Crippen LogP) is 1.54. The number of carboxylic acids is 1. The number of carbonyl (C=O) groups is 2. The van der Waals surface area contributed by atoms with Crippen LogP contribution in [0.25, 0.3) is 0 Å². The molecule has 2 rings (SSSR count). The first-order valence-corrected chi connectivity index (χ1v) is 7.21. The molecule has 1 aliphatic heterocycles. The fourth-order valence-corrected chi connectivity index (χ4v) is 2.60. The van der Waals surface area contributed by atoms with E-state index in [-0.39, 0.29) is 25.4 Å². The number of hydrogen-bond donors (Lipinski definition) is 2. The minimum Gasteiger partial charge on any atom is -0.481 e. The number of aryl methyl sites for hydroxylation is 1. The SMILES string of the molecule is CCc1ccc(CC(=O)NC2(CC(=O)O)CCOC2)cc1. The largest absolute Gasteiger partial charge is 0.481 e. The first-order chi connectivity index (χ1) is 10.0. The number of ether oxygens (including phenoxy) is 1. The van der Waals surface area contributed by atoms with Gasteiger partial charge in [-0.15, -0.1) is 0 Å². The molecule has 1 atom stereocenters. The molecule has 1 unspecified atom stereocenters. The molecule has 1 saturated heterocycles. The first-order valence-electron chi connectivity index (χ1n) is 7.21. The molecule has 1 heterocycles. The van der Waals surface area contributed by atoms with Crippen LogP contribution in [0.4, 0.5) is 0 Å². The third-order valence-electron chi connectivity index (χ3n) is 3.79. The number of carboxylic acid groups (broad SMARTS) is 1. The first kappa shape index (κ1) is 15.5. The second-order valence-corrected chi connectivity index (χ2v) is 5.55. The zero-order valence-corrected chi connectivity index (χ0v) is 12.2. The van der Waals surface area contributed by atoms with Gasteiger partial charge in [0.15, 0.2) is 0 Å². The van der Waals surface area contributed by atoms with Crippen LogP contribution in [0.15, 0.2) is 24.3 Å². The Hall–Kier alpha value is -1.88. The van der Waals surface area contributed by atoms with E-state index in [0.717, 1.165) is 12.0 Å². The van der Waals surface area contributed by atoms with Crippen LogP contribution in [0, 0.1) is 0 Å². The van der Waals surface area contributed by atoms with E-state index in [0.29, 0.717) is 13.0 Å². The van der Waals surface area contributed by atoms with Gasteiger partial charge in [0.05, 0.1) is 25.0 Å². The van der Waals surface area contributed by atoms with Crippen LogP contribution in [0.2, 0.25) is 0 Å². The molecule has 2 N–H and O–H groups in total. The van der Waals surface area contributed by atoms with Crippen molar-refractivity contribution in [2.45, 2.75) is 38.1 Å². The Morgan fingerprint density at radius 1 is 1.29 bits per heavy atom. The summed E-state index contributed by atoms with van der Waals surface area (Å²) in [5, 5.41) is 11.8. The summed E-state index contributed by atoms with van der Waals surface area (Å²) < 4.78 is 5.26. The van der Waals surface area contributed by atoms with Crippen molar-refractivity contribution in [3.8, 4) is 0 Å². The number of aliphatic carboxylic acids is 1. The zero-order chi connectivity index (χ0) is 15.3. The zero-order valence-electron chi connectivity index (χ0n) is 12.2. The van der Waals surface area contributed by atoms with Crippen molar-refractivity contribution < 1.29 is 19.4 Å². The van der Waals surface area contributed by atoms with Gasteiger partial charge in [0.2, 0.25) is 5.91 Å². The maximum atomic E-state index is 12.1. The third kappa shape index (κ3) is 4.29. The highest BCUT2D eigenvalue weighted by molar-refractivity contribution is 5.80. The number of amides is 1. The van der Waals surface area contributed by atoms with Gasteiger partial charge in [0.25, 0.3) is 0 Å². The van der Waals surface area contributed by atoms with Crippen LogP contribution in [0.1, 0.15) is 30.9 Å². The standard InChI is InChI=1S/C16H21NO4/c1-2-12-3-5-13(6-4-12)9-14(18)17-16(10-15(19)20)7-8-21-11-16/h3-6H,2,7-11H2,1H3,(H,17,18)(H,19,20). The monoisotopic (exact) mass is 291 g/mol. The van der Waals surface area contributed by atoms with Crippen LogP contribution in [0.3, 0.4) is 0 Å². The van der Waals surface area contributed by atoms with Crippen molar-refractivity contribution in [1.29, 1.82) is 0 Å². The smallest absolute Gasteiger partial charge is 0.305 e. The van der Waals surface area contributed by atoms with E-state index >= 15 is 0 Å². The molecular weight excluding hydrogens is 270 g/mol. The molecule has 5 nitrogen and oxygen atoms in total. The van der Waals surface area contributed by atoms with Crippen LogP contribution in [-0.4, -0.2) is 35.7 Å². The molecular formula is C16H21NO4. The third-order valence-corrected chi connectivity index (χ3v) is 3.79. The fourth-order valence-electron chi connectivity index (χ4n) is 2.60. The van der Waals surface area contributed by atoms with E-state index in [1.54, 1.807) is 0 Å². The van der Waals surface area contributed by atoms with Crippen LogP contribution in [0.5, 0.6) is 0 Å². The maximum Gasteiger partial charge on any atom is 0.305 e. The summed E-state index contributed by atoms with van der Waals surface area (Å²) in [6.07, 6.45) is 1.66.